The number of ether oxygens (including phenoxy) is 2. The Morgan fingerprint density at radius 1 is 1.26 bits per heavy atom. The quantitative estimate of drug-likeness (QED) is 0.690. The first-order chi connectivity index (χ1) is 12.9. The van der Waals surface area contributed by atoms with E-state index in [1.54, 1.807) is 7.11 Å². The molecule has 0 radical (unpaired) electrons. The third-order valence-corrected chi connectivity index (χ3v) is 5.73. The Labute approximate surface area is 167 Å². The lowest BCUT2D eigenvalue weighted by Gasteiger charge is -2.15. The number of nitrogens with two attached hydrogens (primary N) is 1. The molecule has 1 aliphatic heterocycles. The number of hydrogen-bond acceptors (Lipinski definition) is 5. The van der Waals surface area contributed by atoms with Gasteiger partial charge in [-0.2, -0.15) is 0 Å². The second kappa shape index (κ2) is 8.18. The van der Waals surface area contributed by atoms with E-state index in [0.29, 0.717) is 0 Å². The first-order valence-electron chi connectivity index (χ1n) is 7.78. The summed E-state index contributed by atoms with van der Waals surface area (Å²) in [4.78, 5) is 11.2. The van der Waals surface area contributed by atoms with Crippen LogP contribution in [0.4, 0.5) is 8.78 Å². The Bertz CT molecular complexity index is 906. The number of benzene rings is 2. The van der Waals surface area contributed by atoms with Crippen molar-refractivity contribution in [2.24, 2.45) is 5.73 Å². The number of halogens is 3. The summed E-state index contributed by atoms with van der Waals surface area (Å²) in [5.41, 5.74) is 6.02. The van der Waals surface area contributed by atoms with Gasteiger partial charge < -0.3 is 20.5 Å². The predicted molar refractivity (Wildman–Crippen MR) is 104 cm³/mol. The lowest BCUT2D eigenvalue weighted by molar-refractivity contribution is 0.0991. The molecule has 9 heteroatoms. The molecule has 1 atom stereocenters. The maximum atomic E-state index is 14.2. The van der Waals surface area contributed by atoms with Crippen molar-refractivity contribution in [3.63, 3.8) is 0 Å². The molecule has 1 amide bonds. The highest BCUT2D eigenvalue weighted by atomic mass is 79.9. The zero-order chi connectivity index (χ0) is 19.6. The molecule has 0 aliphatic carbocycles. The van der Waals surface area contributed by atoms with Crippen molar-refractivity contribution in [2.75, 3.05) is 13.7 Å². The molecule has 142 valence electrons. The molecule has 27 heavy (non-hydrogen) atoms. The summed E-state index contributed by atoms with van der Waals surface area (Å²) in [5.74, 6) is -2.80. The number of methoxy groups -OCH3 is 1. The van der Waals surface area contributed by atoms with Gasteiger partial charge in [0.2, 0.25) is 0 Å². The molecule has 0 aromatic heterocycles. The predicted octanol–water partition coefficient (Wildman–Crippen LogP) is 3.83. The topological polar surface area (TPSA) is 73.6 Å². The second-order valence-corrected chi connectivity index (χ2v) is 8.07. The molecule has 0 saturated heterocycles. The molecule has 1 aliphatic rings. The zero-order valence-electron chi connectivity index (χ0n) is 14.1. The Morgan fingerprint density at radius 3 is 2.59 bits per heavy atom. The molecule has 3 rings (SSSR count). The molecular formula is C18H15BrF2N2O3S. The normalized spacial score (nSPS) is 16.2. The molecule has 1 unspecified atom stereocenters. The molecular weight excluding hydrogens is 442 g/mol. The number of thioether (sulfide) groups is 1. The Hall–Kier alpha value is -2.26. The lowest BCUT2D eigenvalue weighted by Crippen LogP contribution is -2.27. The van der Waals surface area contributed by atoms with Crippen molar-refractivity contribution in [2.45, 2.75) is 5.37 Å². The van der Waals surface area contributed by atoms with Crippen molar-refractivity contribution < 1.29 is 23.0 Å². The lowest BCUT2D eigenvalue weighted by atomic mass is 10.1. The maximum absolute atomic E-state index is 14.2. The van der Waals surface area contributed by atoms with Crippen molar-refractivity contribution in [3.8, 4) is 11.5 Å². The van der Waals surface area contributed by atoms with Crippen LogP contribution in [0.5, 0.6) is 11.5 Å². The van der Waals surface area contributed by atoms with Crippen LogP contribution in [0.1, 0.15) is 15.9 Å². The molecule has 3 N–H and O–H groups in total. The van der Waals surface area contributed by atoms with Gasteiger partial charge in [0.25, 0.3) is 5.91 Å². The number of hydrogen-bond donors (Lipinski definition) is 2. The minimum absolute atomic E-state index is 0.0835. The number of carbonyl (C=O) groups is 1. The molecule has 0 spiro atoms. The zero-order valence-corrected chi connectivity index (χ0v) is 16.5. The van der Waals surface area contributed by atoms with Crippen LogP contribution in [0, 0.1) is 11.6 Å². The molecule has 0 bridgehead atoms. The largest absolute Gasteiger partial charge is 0.497 e. The average molecular weight is 457 g/mol. The van der Waals surface area contributed by atoms with Crippen LogP contribution in [-0.2, 0) is 0 Å². The number of nitrogens with one attached hydrogen (secondary N) is 1. The summed E-state index contributed by atoms with van der Waals surface area (Å²) < 4.78 is 39.2. The van der Waals surface area contributed by atoms with E-state index in [0.717, 1.165) is 33.0 Å². The van der Waals surface area contributed by atoms with Crippen LogP contribution < -0.4 is 20.5 Å². The van der Waals surface area contributed by atoms with E-state index < -0.39 is 23.1 Å². The minimum Gasteiger partial charge on any atom is -0.497 e. The molecule has 5 nitrogen and oxygen atoms in total. The standard InChI is InChI=1S/C18H15BrF2N2O3S/c1-25-10-4-2-9(3-5-10)16-17(19)27-13(23-16)8-26-12-7-6-11(20)14(15(12)21)18(22)24/h2-7,13,23H,8H2,1H3,(H2,22,24). The number of amides is 1. The van der Waals surface area contributed by atoms with E-state index >= 15 is 0 Å². The van der Waals surface area contributed by atoms with Gasteiger partial charge in [-0.3, -0.25) is 4.79 Å². The first kappa shape index (κ1) is 19.5. The van der Waals surface area contributed by atoms with Gasteiger partial charge in [-0.05, 0) is 57.9 Å². The number of rotatable bonds is 6. The van der Waals surface area contributed by atoms with E-state index in [4.69, 9.17) is 15.2 Å². The molecule has 0 fully saturated rings. The van der Waals surface area contributed by atoms with E-state index in [9.17, 15) is 13.6 Å². The average Bonchev–Trinajstić information content (AvgIpc) is 3.01. The van der Waals surface area contributed by atoms with Crippen LogP contribution in [0.3, 0.4) is 0 Å². The fraction of sp³-hybridized carbons (Fsp3) is 0.167. The van der Waals surface area contributed by atoms with Crippen molar-refractivity contribution in [1.29, 1.82) is 0 Å². The highest BCUT2D eigenvalue weighted by Gasteiger charge is 2.26. The van der Waals surface area contributed by atoms with Crippen LogP contribution in [0.15, 0.2) is 40.2 Å². The Balaban J connectivity index is 1.67. The summed E-state index contributed by atoms with van der Waals surface area (Å²) in [6.07, 6.45) is 0. The van der Waals surface area contributed by atoms with Gasteiger partial charge >= 0.3 is 0 Å². The van der Waals surface area contributed by atoms with E-state index in [1.807, 2.05) is 24.3 Å². The highest BCUT2D eigenvalue weighted by Crippen LogP contribution is 2.39. The molecule has 2 aromatic rings. The van der Waals surface area contributed by atoms with E-state index in [2.05, 4.69) is 21.2 Å². The number of primary amides is 1. The summed E-state index contributed by atoms with van der Waals surface area (Å²) >= 11 is 4.96. The number of carbonyl (C=O) groups excluding carboxylic acids is 1. The second-order valence-electron chi connectivity index (χ2n) is 5.54. The molecule has 2 aromatic carbocycles. The summed E-state index contributed by atoms with van der Waals surface area (Å²) in [7, 11) is 1.60. The molecule has 1 heterocycles. The summed E-state index contributed by atoms with van der Waals surface area (Å²) in [6, 6.07) is 9.58. The van der Waals surface area contributed by atoms with Gasteiger partial charge in [-0.15, -0.1) is 0 Å². The SMILES string of the molecule is COc1ccc(C2=C(Br)SC(COc3ccc(F)c(C(N)=O)c3F)N2)cc1. The fourth-order valence-corrected chi connectivity index (χ4v) is 4.37. The van der Waals surface area contributed by atoms with Gasteiger partial charge in [0.1, 0.15) is 29.1 Å². The minimum atomic E-state index is -1.19. The first-order valence-corrected chi connectivity index (χ1v) is 9.46. The Morgan fingerprint density at radius 2 is 1.96 bits per heavy atom. The van der Waals surface area contributed by atoms with Gasteiger partial charge in [0, 0.05) is 0 Å². The van der Waals surface area contributed by atoms with E-state index in [-0.39, 0.29) is 17.7 Å². The monoisotopic (exact) mass is 456 g/mol. The van der Waals surface area contributed by atoms with Crippen molar-refractivity contribution >= 4 is 39.3 Å². The maximum Gasteiger partial charge on any atom is 0.254 e. The third-order valence-electron chi connectivity index (χ3n) is 3.82. The summed E-state index contributed by atoms with van der Waals surface area (Å²) in [5, 5.41) is 3.06. The molecule has 0 saturated carbocycles. The van der Waals surface area contributed by atoms with Crippen LogP contribution in [0.25, 0.3) is 5.70 Å². The van der Waals surface area contributed by atoms with Crippen molar-refractivity contribution in [1.82, 2.24) is 5.32 Å². The van der Waals surface area contributed by atoms with Gasteiger partial charge in [-0.25, -0.2) is 8.78 Å². The third kappa shape index (κ3) is 4.19. The fourth-order valence-electron chi connectivity index (χ4n) is 2.50. The van der Waals surface area contributed by atoms with Crippen LogP contribution in [0.2, 0.25) is 0 Å². The van der Waals surface area contributed by atoms with Crippen molar-refractivity contribution in [3.05, 3.63) is 63.0 Å². The van der Waals surface area contributed by atoms with Gasteiger partial charge in [-0.1, -0.05) is 11.8 Å². The van der Waals surface area contributed by atoms with Crippen LogP contribution >= 0.6 is 27.7 Å². The highest BCUT2D eigenvalue weighted by molar-refractivity contribution is 9.14. The van der Waals surface area contributed by atoms with Crippen LogP contribution in [-0.4, -0.2) is 25.0 Å². The smallest absolute Gasteiger partial charge is 0.254 e. The summed E-state index contributed by atoms with van der Waals surface area (Å²) in [6.45, 7) is 0.0835. The van der Waals surface area contributed by atoms with Gasteiger partial charge in [0.05, 0.1) is 16.6 Å². The van der Waals surface area contributed by atoms with E-state index in [1.165, 1.54) is 11.8 Å². The van der Waals surface area contributed by atoms with Gasteiger partial charge in [0.15, 0.2) is 11.6 Å². The Kier molecular flexibility index (Phi) is 5.91.